The van der Waals surface area contributed by atoms with Gasteiger partial charge < -0.3 is 5.32 Å². The third kappa shape index (κ3) is 3.15. The number of rotatable bonds is 5. The summed E-state index contributed by atoms with van der Waals surface area (Å²) in [6.45, 7) is 2.05. The van der Waals surface area contributed by atoms with Gasteiger partial charge in [-0.05, 0) is 25.5 Å². The van der Waals surface area contributed by atoms with E-state index in [4.69, 9.17) is 11.6 Å². The minimum Gasteiger partial charge on any atom is -0.310 e. The van der Waals surface area contributed by atoms with E-state index in [0.717, 1.165) is 34.3 Å². The second kappa shape index (κ2) is 6.75. The number of aromatic nitrogens is 2. The van der Waals surface area contributed by atoms with Crippen LogP contribution in [0, 0.1) is 6.92 Å². The zero-order chi connectivity index (χ0) is 15.5. The summed E-state index contributed by atoms with van der Waals surface area (Å²) in [5.41, 5.74) is 4.38. The highest BCUT2D eigenvalue weighted by Crippen LogP contribution is 2.36. The maximum absolute atomic E-state index is 12.1. The van der Waals surface area contributed by atoms with E-state index in [1.807, 2.05) is 28.6 Å². The number of fused-ring (bicyclic) bond motifs is 1. The van der Waals surface area contributed by atoms with Gasteiger partial charge in [-0.2, -0.15) is 16.9 Å². The number of nitrogens with zero attached hydrogens (tertiary/aromatic N) is 2. The molecule has 1 aliphatic rings. The molecule has 0 unspecified atom stereocenters. The number of halogens is 1. The molecule has 0 bridgehead atoms. The highest BCUT2D eigenvalue weighted by molar-refractivity contribution is 7.98. The number of anilines is 1. The van der Waals surface area contributed by atoms with Gasteiger partial charge in [-0.25, -0.2) is 4.68 Å². The van der Waals surface area contributed by atoms with E-state index >= 15 is 0 Å². The molecular weight excluding hydrogens is 318 g/mol. The van der Waals surface area contributed by atoms with Crippen molar-refractivity contribution in [3.8, 4) is 5.69 Å². The molecule has 6 heteroatoms. The number of thioether (sulfide) groups is 1. The zero-order valence-electron chi connectivity index (χ0n) is 12.4. The number of carbonyl (C=O) groups excluding carboxylic acids is 1. The fourth-order valence-electron chi connectivity index (χ4n) is 2.44. The van der Waals surface area contributed by atoms with Crippen LogP contribution >= 0.6 is 23.4 Å². The van der Waals surface area contributed by atoms with E-state index in [2.05, 4.69) is 29.5 Å². The Bertz CT molecular complexity index is 681. The Morgan fingerprint density at radius 3 is 2.86 bits per heavy atom. The number of alkyl halides is 1. The number of carbonyl (C=O) groups is 1. The first-order valence-corrected chi connectivity index (χ1v) is 8.99. The van der Waals surface area contributed by atoms with Crippen molar-refractivity contribution in [1.29, 1.82) is 0 Å². The third-order valence-corrected chi connectivity index (χ3v) is 4.86. The SMILES string of the molecule is Cc1ccc(-n2nc3c(c2NC(=O)CCCCl)CSC3)cc1. The molecule has 22 heavy (non-hydrogen) atoms. The lowest BCUT2D eigenvalue weighted by molar-refractivity contribution is -0.116. The van der Waals surface area contributed by atoms with E-state index in [0.29, 0.717) is 18.7 Å². The van der Waals surface area contributed by atoms with E-state index < -0.39 is 0 Å². The summed E-state index contributed by atoms with van der Waals surface area (Å²) in [5, 5.41) is 7.71. The Morgan fingerprint density at radius 1 is 1.36 bits per heavy atom. The molecular formula is C16H18ClN3OS. The predicted molar refractivity (Wildman–Crippen MR) is 91.9 cm³/mol. The molecule has 0 aliphatic carbocycles. The maximum Gasteiger partial charge on any atom is 0.225 e. The van der Waals surface area contributed by atoms with Crippen molar-refractivity contribution in [3.63, 3.8) is 0 Å². The van der Waals surface area contributed by atoms with E-state index in [-0.39, 0.29) is 5.91 Å². The van der Waals surface area contributed by atoms with Gasteiger partial charge >= 0.3 is 0 Å². The van der Waals surface area contributed by atoms with Crippen LogP contribution in [0.4, 0.5) is 5.82 Å². The van der Waals surface area contributed by atoms with Gasteiger partial charge in [0, 0.05) is 29.4 Å². The summed E-state index contributed by atoms with van der Waals surface area (Å²) in [6.07, 6.45) is 1.12. The summed E-state index contributed by atoms with van der Waals surface area (Å²) in [6, 6.07) is 8.16. The van der Waals surface area contributed by atoms with Gasteiger partial charge in [-0.3, -0.25) is 4.79 Å². The smallest absolute Gasteiger partial charge is 0.225 e. The average Bonchev–Trinajstić information content (AvgIpc) is 3.09. The summed E-state index contributed by atoms with van der Waals surface area (Å²) < 4.78 is 1.85. The van der Waals surface area contributed by atoms with Crippen LogP contribution in [0.1, 0.15) is 29.7 Å². The lowest BCUT2D eigenvalue weighted by Crippen LogP contribution is -2.16. The molecule has 0 spiro atoms. The number of aryl methyl sites for hydroxylation is 1. The quantitative estimate of drug-likeness (QED) is 0.843. The summed E-state index contributed by atoms with van der Waals surface area (Å²) in [7, 11) is 0. The van der Waals surface area contributed by atoms with Gasteiger partial charge in [0.2, 0.25) is 5.91 Å². The molecule has 0 radical (unpaired) electrons. The summed E-state index contributed by atoms with van der Waals surface area (Å²) in [4.78, 5) is 12.1. The van der Waals surface area contributed by atoms with Crippen LogP contribution in [-0.4, -0.2) is 21.6 Å². The van der Waals surface area contributed by atoms with Crippen LogP contribution in [0.15, 0.2) is 24.3 Å². The van der Waals surface area contributed by atoms with Crippen molar-refractivity contribution in [2.75, 3.05) is 11.2 Å². The van der Waals surface area contributed by atoms with Gasteiger partial charge in [-0.15, -0.1) is 11.6 Å². The molecule has 0 saturated heterocycles. The fourth-order valence-corrected chi connectivity index (χ4v) is 3.60. The predicted octanol–water partition coefficient (Wildman–Crippen LogP) is 3.89. The molecule has 2 heterocycles. The lowest BCUT2D eigenvalue weighted by atomic mass is 10.2. The third-order valence-electron chi connectivity index (χ3n) is 3.63. The van der Waals surface area contributed by atoms with E-state index in [9.17, 15) is 4.79 Å². The van der Waals surface area contributed by atoms with Crippen molar-refractivity contribution < 1.29 is 4.79 Å². The van der Waals surface area contributed by atoms with Crippen LogP contribution in [0.5, 0.6) is 0 Å². The van der Waals surface area contributed by atoms with Gasteiger partial charge in [0.05, 0.1) is 11.4 Å². The highest BCUT2D eigenvalue weighted by atomic mass is 35.5. The fraction of sp³-hybridized carbons (Fsp3) is 0.375. The van der Waals surface area contributed by atoms with Gasteiger partial charge in [0.25, 0.3) is 0 Å². The highest BCUT2D eigenvalue weighted by Gasteiger charge is 2.24. The van der Waals surface area contributed by atoms with Crippen molar-refractivity contribution in [1.82, 2.24) is 9.78 Å². The molecule has 0 saturated carbocycles. The second-order valence-electron chi connectivity index (χ2n) is 5.35. The number of amides is 1. The van der Waals surface area contributed by atoms with Crippen LogP contribution < -0.4 is 5.32 Å². The van der Waals surface area contributed by atoms with E-state index in [1.54, 1.807) is 0 Å². The van der Waals surface area contributed by atoms with Gasteiger partial charge in [0.1, 0.15) is 5.82 Å². The average molecular weight is 336 g/mol. The Kier molecular flexibility index (Phi) is 4.74. The molecule has 1 aliphatic heterocycles. The molecule has 2 aromatic rings. The Hall–Kier alpha value is -1.46. The van der Waals surface area contributed by atoms with E-state index in [1.165, 1.54) is 5.56 Å². The first-order chi connectivity index (χ1) is 10.7. The molecule has 0 atom stereocenters. The maximum atomic E-state index is 12.1. The molecule has 116 valence electrons. The second-order valence-corrected chi connectivity index (χ2v) is 6.72. The topological polar surface area (TPSA) is 46.9 Å². The molecule has 1 aromatic carbocycles. The number of nitrogens with one attached hydrogen (secondary N) is 1. The van der Waals surface area contributed by atoms with Crippen molar-refractivity contribution in [2.24, 2.45) is 0 Å². The molecule has 1 aromatic heterocycles. The Labute approximate surface area is 139 Å². The van der Waals surface area contributed by atoms with Crippen LogP contribution in [0.2, 0.25) is 0 Å². The van der Waals surface area contributed by atoms with Crippen LogP contribution in [0.3, 0.4) is 0 Å². The Balaban J connectivity index is 1.93. The van der Waals surface area contributed by atoms with Gasteiger partial charge in [-0.1, -0.05) is 17.7 Å². The summed E-state index contributed by atoms with van der Waals surface area (Å²) in [5.74, 6) is 3.10. The van der Waals surface area contributed by atoms with Crippen molar-refractivity contribution >= 4 is 35.1 Å². The molecule has 4 nitrogen and oxygen atoms in total. The summed E-state index contributed by atoms with van der Waals surface area (Å²) >= 11 is 7.49. The standard InChI is InChI=1S/C16H18ClN3OS/c1-11-4-6-12(7-5-11)20-16(18-15(21)3-2-8-17)13-9-22-10-14(13)19-20/h4-7H,2-3,8-10H2,1H3,(H,18,21). The first-order valence-electron chi connectivity index (χ1n) is 7.30. The molecule has 3 rings (SSSR count). The number of benzene rings is 1. The van der Waals surface area contributed by atoms with Crippen molar-refractivity contribution in [2.45, 2.75) is 31.3 Å². The first kappa shape index (κ1) is 15.4. The largest absolute Gasteiger partial charge is 0.310 e. The van der Waals surface area contributed by atoms with Crippen LogP contribution in [0.25, 0.3) is 5.69 Å². The normalized spacial score (nSPS) is 13.2. The monoisotopic (exact) mass is 335 g/mol. The molecule has 1 N–H and O–H groups in total. The van der Waals surface area contributed by atoms with Crippen molar-refractivity contribution in [3.05, 3.63) is 41.1 Å². The minimum atomic E-state index is -0.00592. The Morgan fingerprint density at radius 2 is 2.14 bits per heavy atom. The molecule has 0 fully saturated rings. The lowest BCUT2D eigenvalue weighted by Gasteiger charge is -2.11. The van der Waals surface area contributed by atoms with Crippen LogP contribution in [-0.2, 0) is 16.3 Å². The minimum absolute atomic E-state index is 0.00592. The van der Waals surface area contributed by atoms with Gasteiger partial charge in [0.15, 0.2) is 0 Å². The number of hydrogen-bond acceptors (Lipinski definition) is 3. The zero-order valence-corrected chi connectivity index (χ0v) is 14.0. The number of hydrogen-bond donors (Lipinski definition) is 1. The molecule has 1 amide bonds.